The first-order valence-corrected chi connectivity index (χ1v) is 5.08. The van der Waals surface area contributed by atoms with Gasteiger partial charge in [0.2, 0.25) is 5.91 Å². The first-order valence-electron chi connectivity index (χ1n) is 4.64. The van der Waals surface area contributed by atoms with Crippen molar-refractivity contribution in [3.8, 4) is 5.75 Å². The van der Waals surface area contributed by atoms with Gasteiger partial charge < -0.3 is 10.1 Å². The van der Waals surface area contributed by atoms with Crippen LogP contribution in [0.5, 0.6) is 5.75 Å². The minimum atomic E-state index is -1.18. The third-order valence-electron chi connectivity index (χ3n) is 1.95. The number of carbonyl (C=O) groups excluding carboxylic acids is 2. The average Bonchev–Trinajstić information content (AvgIpc) is 2.28. The fourth-order valence-electron chi connectivity index (χ4n) is 1.13. The summed E-state index contributed by atoms with van der Waals surface area (Å²) in [6.45, 7) is 1.26. The van der Waals surface area contributed by atoms with Crippen LogP contribution in [0.4, 0.5) is 5.69 Å². The van der Waals surface area contributed by atoms with E-state index in [0.717, 1.165) is 0 Å². The van der Waals surface area contributed by atoms with Crippen LogP contribution >= 0.6 is 11.6 Å². The topological polar surface area (TPSA) is 55.4 Å². The molecule has 1 atom stereocenters. The van der Waals surface area contributed by atoms with Crippen molar-refractivity contribution < 1.29 is 14.3 Å². The van der Waals surface area contributed by atoms with Crippen LogP contribution in [0.25, 0.3) is 0 Å². The SMILES string of the molecule is COc1ccccc1NC(=O)[C@H](Cl)C(C)=O. The second-order valence-corrected chi connectivity index (χ2v) is 3.60. The number of ether oxygens (including phenoxy) is 1. The number of alkyl halides is 1. The lowest BCUT2D eigenvalue weighted by atomic mass is 10.2. The maximum atomic E-state index is 11.5. The van der Waals surface area contributed by atoms with Crippen LogP contribution in [0.2, 0.25) is 0 Å². The van der Waals surface area contributed by atoms with Gasteiger partial charge in [-0.15, -0.1) is 11.6 Å². The summed E-state index contributed by atoms with van der Waals surface area (Å²) >= 11 is 5.61. The van der Waals surface area contributed by atoms with Crippen molar-refractivity contribution in [1.29, 1.82) is 0 Å². The number of hydrogen-bond donors (Lipinski definition) is 1. The van der Waals surface area contributed by atoms with E-state index in [0.29, 0.717) is 11.4 Å². The Kier molecular flexibility index (Phi) is 4.31. The van der Waals surface area contributed by atoms with Crippen LogP contribution in [0, 0.1) is 0 Å². The zero-order valence-electron chi connectivity index (χ0n) is 8.99. The Morgan fingerprint density at radius 2 is 2.00 bits per heavy atom. The molecule has 1 amide bonds. The molecule has 86 valence electrons. The first kappa shape index (κ1) is 12.5. The van der Waals surface area contributed by atoms with E-state index >= 15 is 0 Å². The number of nitrogens with one attached hydrogen (secondary N) is 1. The number of anilines is 1. The van der Waals surface area contributed by atoms with Crippen molar-refractivity contribution in [3.05, 3.63) is 24.3 Å². The molecule has 0 heterocycles. The molecule has 0 saturated carbocycles. The molecule has 0 aliphatic heterocycles. The summed E-state index contributed by atoms with van der Waals surface area (Å²) in [5, 5.41) is 1.35. The van der Waals surface area contributed by atoms with E-state index in [9.17, 15) is 9.59 Å². The van der Waals surface area contributed by atoms with E-state index < -0.39 is 17.1 Å². The molecule has 1 aromatic rings. The molecule has 0 spiro atoms. The maximum absolute atomic E-state index is 11.5. The number of amides is 1. The smallest absolute Gasteiger partial charge is 0.250 e. The van der Waals surface area contributed by atoms with E-state index in [4.69, 9.17) is 16.3 Å². The average molecular weight is 242 g/mol. The van der Waals surface area contributed by atoms with E-state index in [1.165, 1.54) is 14.0 Å². The van der Waals surface area contributed by atoms with Crippen LogP contribution in [-0.4, -0.2) is 24.2 Å². The van der Waals surface area contributed by atoms with Gasteiger partial charge in [0.05, 0.1) is 12.8 Å². The number of Topliss-reactive ketones (excluding diaryl/α,β-unsaturated/α-hetero) is 1. The van der Waals surface area contributed by atoms with E-state index in [1.807, 2.05) is 0 Å². The molecule has 0 saturated heterocycles. The van der Waals surface area contributed by atoms with Gasteiger partial charge in [-0.25, -0.2) is 0 Å². The first-order chi connectivity index (χ1) is 7.56. The lowest BCUT2D eigenvalue weighted by molar-refractivity contribution is -0.123. The van der Waals surface area contributed by atoms with Gasteiger partial charge in [-0.05, 0) is 19.1 Å². The predicted molar refractivity (Wildman–Crippen MR) is 61.9 cm³/mol. The van der Waals surface area contributed by atoms with Gasteiger partial charge >= 0.3 is 0 Å². The van der Waals surface area contributed by atoms with Crippen molar-refractivity contribution in [2.24, 2.45) is 0 Å². The van der Waals surface area contributed by atoms with Crippen LogP contribution in [0.15, 0.2) is 24.3 Å². The normalized spacial score (nSPS) is 11.7. The number of halogens is 1. The summed E-state index contributed by atoms with van der Waals surface area (Å²) in [5.74, 6) is -0.434. The summed E-state index contributed by atoms with van der Waals surface area (Å²) in [6.07, 6.45) is 0. The Bertz CT molecular complexity index is 406. The van der Waals surface area contributed by atoms with Crippen molar-refractivity contribution in [2.75, 3.05) is 12.4 Å². The Morgan fingerprint density at radius 3 is 2.56 bits per heavy atom. The summed E-state index contributed by atoms with van der Waals surface area (Å²) in [4.78, 5) is 22.4. The van der Waals surface area contributed by atoms with Gasteiger partial charge in [-0.1, -0.05) is 12.1 Å². The van der Waals surface area contributed by atoms with Crippen molar-refractivity contribution in [1.82, 2.24) is 0 Å². The minimum absolute atomic E-state index is 0.394. The van der Waals surface area contributed by atoms with Gasteiger partial charge in [-0.3, -0.25) is 9.59 Å². The molecule has 1 aromatic carbocycles. The standard InChI is InChI=1S/C11H12ClNO3/c1-7(14)10(12)11(15)13-8-5-3-4-6-9(8)16-2/h3-6,10H,1-2H3,(H,13,15)/t10-/m1/s1. The van der Waals surface area contributed by atoms with Gasteiger partial charge in [0, 0.05) is 0 Å². The fourth-order valence-corrected chi connectivity index (χ4v) is 1.18. The molecule has 4 nitrogen and oxygen atoms in total. The Labute approximate surface area is 98.5 Å². The monoisotopic (exact) mass is 241 g/mol. The number of hydrogen-bond acceptors (Lipinski definition) is 3. The van der Waals surface area contributed by atoms with Crippen LogP contribution in [0.3, 0.4) is 0 Å². The fraction of sp³-hybridized carbons (Fsp3) is 0.273. The van der Waals surface area contributed by atoms with Crippen molar-refractivity contribution in [2.45, 2.75) is 12.3 Å². The Balaban J connectivity index is 2.80. The summed E-state index contributed by atoms with van der Waals surface area (Å²) in [6, 6.07) is 6.89. The molecule has 0 bridgehead atoms. The van der Waals surface area contributed by atoms with Crippen LogP contribution in [0.1, 0.15) is 6.92 Å². The molecule has 1 N–H and O–H groups in total. The molecule has 0 radical (unpaired) electrons. The molecule has 0 aliphatic rings. The number of rotatable bonds is 4. The van der Waals surface area contributed by atoms with Crippen LogP contribution < -0.4 is 10.1 Å². The molecule has 0 aliphatic carbocycles. The van der Waals surface area contributed by atoms with Gasteiger partial charge in [0.1, 0.15) is 5.75 Å². The largest absolute Gasteiger partial charge is 0.495 e. The molecule has 1 rings (SSSR count). The quantitative estimate of drug-likeness (QED) is 0.646. The second-order valence-electron chi connectivity index (χ2n) is 3.16. The maximum Gasteiger partial charge on any atom is 0.250 e. The third-order valence-corrected chi connectivity index (χ3v) is 2.46. The lowest BCUT2D eigenvalue weighted by Crippen LogP contribution is -2.28. The zero-order chi connectivity index (χ0) is 12.1. The highest BCUT2D eigenvalue weighted by atomic mass is 35.5. The Morgan fingerprint density at radius 1 is 1.38 bits per heavy atom. The van der Waals surface area contributed by atoms with E-state index in [-0.39, 0.29) is 0 Å². The molecule has 0 fully saturated rings. The van der Waals surface area contributed by atoms with E-state index in [1.54, 1.807) is 24.3 Å². The van der Waals surface area contributed by atoms with Gasteiger partial charge in [-0.2, -0.15) is 0 Å². The van der Waals surface area contributed by atoms with Crippen molar-refractivity contribution in [3.63, 3.8) is 0 Å². The molecule has 5 heteroatoms. The number of benzene rings is 1. The molecule has 0 unspecified atom stereocenters. The highest BCUT2D eigenvalue weighted by Gasteiger charge is 2.20. The lowest BCUT2D eigenvalue weighted by Gasteiger charge is -2.11. The molecule has 16 heavy (non-hydrogen) atoms. The Hall–Kier alpha value is -1.55. The molecular weight excluding hydrogens is 230 g/mol. The number of ketones is 1. The highest BCUT2D eigenvalue weighted by Crippen LogP contribution is 2.23. The number of methoxy groups -OCH3 is 1. The number of carbonyl (C=O) groups is 2. The predicted octanol–water partition coefficient (Wildman–Crippen LogP) is 1.83. The van der Waals surface area contributed by atoms with E-state index in [2.05, 4.69) is 5.32 Å². The highest BCUT2D eigenvalue weighted by molar-refractivity contribution is 6.43. The summed E-state index contributed by atoms with van der Waals surface area (Å²) < 4.78 is 5.04. The van der Waals surface area contributed by atoms with Gasteiger partial charge in [0.15, 0.2) is 11.2 Å². The third kappa shape index (κ3) is 2.97. The van der Waals surface area contributed by atoms with Crippen molar-refractivity contribution >= 4 is 29.0 Å². The molecule has 0 aromatic heterocycles. The van der Waals surface area contributed by atoms with Gasteiger partial charge in [0.25, 0.3) is 0 Å². The second kappa shape index (κ2) is 5.51. The number of para-hydroxylation sites is 2. The molecular formula is C11H12ClNO3. The van der Waals surface area contributed by atoms with Crippen LogP contribution in [-0.2, 0) is 9.59 Å². The summed E-state index contributed by atoms with van der Waals surface area (Å²) in [7, 11) is 1.49. The minimum Gasteiger partial charge on any atom is -0.495 e. The summed E-state index contributed by atoms with van der Waals surface area (Å²) in [5.41, 5.74) is 0.488. The zero-order valence-corrected chi connectivity index (χ0v) is 9.75.